The van der Waals surface area contributed by atoms with Crippen LogP contribution in [-0.2, 0) is 11.3 Å². The Balaban J connectivity index is 2.00. The molecule has 152 valence electrons. The molecule has 1 aromatic heterocycles. The van der Waals surface area contributed by atoms with Crippen molar-refractivity contribution >= 4 is 23.2 Å². The molecule has 1 atom stereocenters. The fraction of sp³-hybridized carbons (Fsp3) is 0.647. The molecule has 27 heavy (non-hydrogen) atoms. The Morgan fingerprint density at radius 3 is 2.52 bits per heavy atom. The van der Waals surface area contributed by atoms with Gasteiger partial charge in [-0.25, -0.2) is 4.99 Å². The molecule has 1 fully saturated rings. The summed E-state index contributed by atoms with van der Waals surface area (Å²) in [7, 11) is 3.32. The second-order valence-corrected chi connectivity index (χ2v) is 7.63. The van der Waals surface area contributed by atoms with Crippen LogP contribution in [0.1, 0.15) is 11.8 Å². The van der Waals surface area contributed by atoms with E-state index in [0.717, 1.165) is 4.88 Å². The number of amides is 1. The van der Waals surface area contributed by atoms with Gasteiger partial charge < -0.3 is 15.1 Å². The average Bonchev–Trinajstić information content (AvgIpc) is 3.13. The Morgan fingerprint density at radius 2 is 2.00 bits per heavy atom. The van der Waals surface area contributed by atoms with E-state index >= 15 is 0 Å². The van der Waals surface area contributed by atoms with Crippen molar-refractivity contribution in [2.75, 3.05) is 46.8 Å². The standard InChI is InChI=1S/C17H26F3N5OS/c1-13(17(18,19)20)24-6-8-25(9-7-24)16(22-12-15(26)23(2)3)21-11-14-5-4-10-27-14/h4-5,10,13H,6-9,11-12H2,1-3H3,(H,21,22). The van der Waals surface area contributed by atoms with Gasteiger partial charge in [0.15, 0.2) is 5.96 Å². The molecule has 0 radical (unpaired) electrons. The third-order valence-electron chi connectivity index (χ3n) is 4.50. The molecule has 10 heteroatoms. The van der Waals surface area contributed by atoms with Gasteiger partial charge in [-0.3, -0.25) is 9.69 Å². The molecule has 0 aliphatic carbocycles. The van der Waals surface area contributed by atoms with Crippen LogP contribution in [0.5, 0.6) is 0 Å². The average molecular weight is 405 g/mol. The maximum absolute atomic E-state index is 12.9. The van der Waals surface area contributed by atoms with Gasteiger partial charge in [0.1, 0.15) is 12.6 Å². The van der Waals surface area contributed by atoms with Crippen molar-refractivity contribution in [3.8, 4) is 0 Å². The number of nitrogens with zero attached hydrogens (tertiary/aromatic N) is 4. The van der Waals surface area contributed by atoms with Crippen molar-refractivity contribution in [1.29, 1.82) is 0 Å². The van der Waals surface area contributed by atoms with Crippen LogP contribution in [0.15, 0.2) is 22.5 Å². The molecule has 1 amide bonds. The number of nitrogens with one attached hydrogen (secondary N) is 1. The summed E-state index contributed by atoms with van der Waals surface area (Å²) in [6, 6.07) is 2.48. The molecule has 1 saturated heterocycles. The third kappa shape index (κ3) is 6.39. The van der Waals surface area contributed by atoms with Crippen LogP contribution in [-0.4, -0.2) is 85.6 Å². The predicted octanol–water partition coefficient (Wildman–Crippen LogP) is 1.85. The number of hydrogen-bond acceptors (Lipinski definition) is 4. The summed E-state index contributed by atoms with van der Waals surface area (Å²) in [4.78, 5) is 22.2. The van der Waals surface area contributed by atoms with E-state index in [0.29, 0.717) is 38.7 Å². The van der Waals surface area contributed by atoms with Gasteiger partial charge in [-0.1, -0.05) is 6.07 Å². The lowest BCUT2D eigenvalue weighted by atomic mass is 10.2. The zero-order chi connectivity index (χ0) is 20.0. The van der Waals surface area contributed by atoms with E-state index in [1.807, 2.05) is 22.4 Å². The van der Waals surface area contributed by atoms with Gasteiger partial charge in [0.2, 0.25) is 5.91 Å². The maximum Gasteiger partial charge on any atom is 0.403 e. The number of rotatable bonds is 5. The van der Waals surface area contributed by atoms with E-state index in [9.17, 15) is 18.0 Å². The summed E-state index contributed by atoms with van der Waals surface area (Å²) in [5.74, 6) is 0.424. The van der Waals surface area contributed by atoms with Gasteiger partial charge >= 0.3 is 6.18 Å². The number of likely N-dealkylation sites (N-methyl/N-ethyl adjacent to an activating group) is 1. The molecule has 1 aromatic rings. The van der Waals surface area contributed by atoms with E-state index in [4.69, 9.17) is 0 Å². The number of aliphatic imine (C=N–C) groups is 1. The highest BCUT2D eigenvalue weighted by Crippen LogP contribution is 2.25. The minimum atomic E-state index is -4.23. The van der Waals surface area contributed by atoms with E-state index in [1.165, 1.54) is 16.7 Å². The quantitative estimate of drug-likeness (QED) is 0.600. The topological polar surface area (TPSA) is 51.2 Å². The molecule has 0 spiro atoms. The lowest BCUT2D eigenvalue weighted by molar-refractivity contribution is -0.181. The lowest BCUT2D eigenvalue weighted by Gasteiger charge is -2.39. The second-order valence-electron chi connectivity index (χ2n) is 6.60. The molecule has 1 aliphatic heterocycles. The summed E-state index contributed by atoms with van der Waals surface area (Å²) in [5, 5.41) is 5.21. The highest BCUT2D eigenvalue weighted by Gasteiger charge is 2.41. The first-order valence-corrected chi connectivity index (χ1v) is 9.63. The van der Waals surface area contributed by atoms with Gasteiger partial charge in [-0.05, 0) is 18.4 Å². The van der Waals surface area contributed by atoms with E-state index in [2.05, 4.69) is 10.3 Å². The van der Waals surface area contributed by atoms with Crippen molar-refractivity contribution in [3.63, 3.8) is 0 Å². The van der Waals surface area contributed by atoms with Crippen LogP contribution >= 0.6 is 11.3 Å². The molecule has 1 N–H and O–H groups in total. The van der Waals surface area contributed by atoms with Crippen molar-refractivity contribution < 1.29 is 18.0 Å². The Hall–Kier alpha value is -1.81. The molecule has 2 rings (SSSR count). The SMILES string of the molecule is CC(N1CCN(C(=NCC(=O)N(C)C)NCc2cccs2)CC1)C(F)(F)F. The van der Waals surface area contributed by atoms with Crippen molar-refractivity contribution in [2.24, 2.45) is 4.99 Å². The first kappa shape index (κ1) is 21.5. The normalized spacial score (nSPS) is 17.7. The summed E-state index contributed by atoms with van der Waals surface area (Å²) < 4.78 is 38.8. The Kier molecular flexibility index (Phi) is 7.49. The molecule has 1 aliphatic rings. The van der Waals surface area contributed by atoms with Crippen LogP contribution in [0.2, 0.25) is 0 Å². The molecule has 6 nitrogen and oxygen atoms in total. The first-order valence-electron chi connectivity index (χ1n) is 8.75. The van der Waals surface area contributed by atoms with Gasteiger partial charge in [0.05, 0.1) is 6.54 Å². The zero-order valence-electron chi connectivity index (χ0n) is 15.8. The van der Waals surface area contributed by atoms with Crippen molar-refractivity contribution in [1.82, 2.24) is 20.0 Å². The Labute approximate surface area is 161 Å². The van der Waals surface area contributed by atoms with Crippen LogP contribution < -0.4 is 5.32 Å². The Morgan fingerprint density at radius 1 is 1.33 bits per heavy atom. The predicted molar refractivity (Wildman–Crippen MR) is 101 cm³/mol. The van der Waals surface area contributed by atoms with E-state index in [-0.39, 0.29) is 12.5 Å². The third-order valence-corrected chi connectivity index (χ3v) is 5.38. The van der Waals surface area contributed by atoms with Crippen LogP contribution in [0.3, 0.4) is 0 Å². The minimum Gasteiger partial charge on any atom is -0.351 e. The smallest absolute Gasteiger partial charge is 0.351 e. The number of piperazine rings is 1. The highest BCUT2D eigenvalue weighted by molar-refractivity contribution is 7.09. The number of carbonyl (C=O) groups excluding carboxylic acids is 1. The molecular formula is C17H26F3N5OS. The fourth-order valence-corrected chi connectivity index (χ4v) is 3.30. The molecular weight excluding hydrogens is 379 g/mol. The van der Waals surface area contributed by atoms with Gasteiger partial charge in [-0.15, -0.1) is 11.3 Å². The second kappa shape index (κ2) is 9.41. The molecule has 0 bridgehead atoms. The molecule has 2 heterocycles. The number of carbonyl (C=O) groups is 1. The number of hydrogen-bond donors (Lipinski definition) is 1. The fourth-order valence-electron chi connectivity index (χ4n) is 2.66. The summed E-state index contributed by atoms with van der Waals surface area (Å²) >= 11 is 1.60. The highest BCUT2D eigenvalue weighted by atomic mass is 32.1. The number of guanidine groups is 1. The van der Waals surface area contributed by atoms with Crippen LogP contribution in [0.4, 0.5) is 13.2 Å². The summed E-state index contributed by atoms with van der Waals surface area (Å²) in [6.07, 6.45) is -4.23. The van der Waals surface area contributed by atoms with Gasteiger partial charge in [0, 0.05) is 45.2 Å². The maximum atomic E-state index is 12.9. The summed E-state index contributed by atoms with van der Waals surface area (Å²) in [6.45, 7) is 3.18. The molecule has 0 saturated carbocycles. The number of alkyl halides is 3. The summed E-state index contributed by atoms with van der Waals surface area (Å²) in [5.41, 5.74) is 0. The Bertz CT molecular complexity index is 625. The van der Waals surface area contributed by atoms with Gasteiger partial charge in [0.25, 0.3) is 0 Å². The van der Waals surface area contributed by atoms with E-state index in [1.54, 1.807) is 25.4 Å². The van der Waals surface area contributed by atoms with Crippen molar-refractivity contribution in [2.45, 2.75) is 25.7 Å². The first-order chi connectivity index (χ1) is 12.7. The van der Waals surface area contributed by atoms with Gasteiger partial charge in [-0.2, -0.15) is 13.2 Å². The molecule has 1 unspecified atom stereocenters. The van der Waals surface area contributed by atoms with Crippen LogP contribution in [0, 0.1) is 0 Å². The van der Waals surface area contributed by atoms with Crippen LogP contribution in [0.25, 0.3) is 0 Å². The monoisotopic (exact) mass is 405 g/mol. The largest absolute Gasteiger partial charge is 0.403 e. The number of halogens is 3. The lowest BCUT2D eigenvalue weighted by Crippen LogP contribution is -2.56. The van der Waals surface area contributed by atoms with E-state index < -0.39 is 12.2 Å². The minimum absolute atomic E-state index is 0.00105. The number of thiophene rings is 1. The zero-order valence-corrected chi connectivity index (χ0v) is 16.6. The molecule has 0 aromatic carbocycles. The van der Waals surface area contributed by atoms with Crippen molar-refractivity contribution in [3.05, 3.63) is 22.4 Å².